The van der Waals surface area contributed by atoms with Gasteiger partial charge in [0.05, 0.1) is 0 Å². The third-order valence-corrected chi connectivity index (χ3v) is 3.46. The first kappa shape index (κ1) is 16.6. The van der Waals surface area contributed by atoms with Gasteiger partial charge in [0.15, 0.2) is 0 Å². The quantitative estimate of drug-likeness (QED) is 0.888. The molecule has 98 valence electrons. The highest BCUT2D eigenvalue weighted by Gasteiger charge is 2.39. The second-order valence-corrected chi connectivity index (χ2v) is 4.32. The topological polar surface area (TPSA) is 52.0 Å². The van der Waals surface area contributed by atoms with Gasteiger partial charge in [0.25, 0.3) is 0 Å². The summed E-state index contributed by atoms with van der Waals surface area (Å²) in [7, 11) is 0. The number of rotatable bonds is 3. The van der Waals surface area contributed by atoms with Gasteiger partial charge in [0.2, 0.25) is 0 Å². The molecule has 0 aromatic heterocycles. The summed E-state index contributed by atoms with van der Waals surface area (Å²) in [6, 6.07) is 8.10. The lowest BCUT2D eigenvalue weighted by Gasteiger charge is -2.28. The van der Waals surface area contributed by atoms with Gasteiger partial charge in [-0.1, -0.05) is 24.3 Å². The predicted molar refractivity (Wildman–Crippen MR) is 73.8 cm³/mol. The molecule has 0 fully saturated rings. The van der Waals surface area contributed by atoms with Crippen LogP contribution in [0.5, 0.6) is 0 Å². The average molecular weight is 281 g/mol. The van der Waals surface area contributed by atoms with Gasteiger partial charge >= 0.3 is 0 Å². The second kappa shape index (κ2) is 6.55. The van der Waals surface area contributed by atoms with Crippen LogP contribution >= 0.6 is 24.8 Å². The number of hydrogen-bond acceptors (Lipinski definition) is 2. The molecule has 5 heteroatoms. The van der Waals surface area contributed by atoms with Crippen molar-refractivity contribution in [3.63, 3.8) is 0 Å². The van der Waals surface area contributed by atoms with E-state index in [1.165, 1.54) is 11.1 Å². The lowest BCUT2D eigenvalue weighted by atomic mass is 9.87. The van der Waals surface area contributed by atoms with Crippen LogP contribution in [0.25, 0.3) is 0 Å². The van der Waals surface area contributed by atoms with E-state index in [1.54, 1.807) is 0 Å². The molecule has 0 atom stereocenters. The highest BCUT2D eigenvalue weighted by atomic mass is 35.5. The van der Waals surface area contributed by atoms with Crippen molar-refractivity contribution in [1.82, 2.24) is 0 Å². The lowest BCUT2D eigenvalue weighted by Crippen LogP contribution is -2.47. The van der Waals surface area contributed by atoms with E-state index in [1.807, 2.05) is 12.1 Å². The van der Waals surface area contributed by atoms with E-state index >= 15 is 0 Å². The second-order valence-electron chi connectivity index (χ2n) is 4.32. The molecule has 0 saturated carbocycles. The Balaban J connectivity index is 0.00000128. The Bertz CT molecular complexity index is 331. The van der Waals surface area contributed by atoms with Gasteiger partial charge in [-0.2, -0.15) is 0 Å². The Morgan fingerprint density at radius 2 is 1.47 bits per heavy atom. The van der Waals surface area contributed by atoms with Crippen molar-refractivity contribution in [2.75, 3.05) is 13.1 Å². The Morgan fingerprint density at radius 3 is 1.82 bits per heavy atom. The van der Waals surface area contributed by atoms with Crippen molar-refractivity contribution in [1.29, 1.82) is 0 Å². The van der Waals surface area contributed by atoms with Crippen LogP contribution in [0.1, 0.15) is 11.1 Å². The third-order valence-electron chi connectivity index (χ3n) is 3.46. The van der Waals surface area contributed by atoms with E-state index in [0.29, 0.717) is 0 Å². The number of hydrogen-bond donors (Lipinski definition) is 2. The van der Waals surface area contributed by atoms with E-state index in [0.717, 1.165) is 12.8 Å². The third kappa shape index (κ3) is 3.10. The fourth-order valence-corrected chi connectivity index (χ4v) is 2.34. The van der Waals surface area contributed by atoms with Crippen molar-refractivity contribution >= 4 is 24.8 Å². The summed E-state index contributed by atoms with van der Waals surface area (Å²) in [6.07, 6.45) is 1.53. The summed E-state index contributed by atoms with van der Waals surface area (Å²) in [5, 5.41) is 0. The summed E-state index contributed by atoms with van der Waals surface area (Å²) < 4.78 is 14.3. The maximum absolute atomic E-state index is 14.3. The molecule has 0 unspecified atom stereocenters. The van der Waals surface area contributed by atoms with E-state index in [-0.39, 0.29) is 43.8 Å². The van der Waals surface area contributed by atoms with Crippen molar-refractivity contribution in [3.8, 4) is 0 Å². The van der Waals surface area contributed by atoms with Gasteiger partial charge in [0, 0.05) is 19.0 Å². The van der Waals surface area contributed by atoms with Crippen LogP contribution in [0, 0.1) is 5.92 Å². The molecule has 1 aliphatic carbocycles. The first-order valence-electron chi connectivity index (χ1n) is 5.35. The molecule has 0 bridgehead atoms. The Labute approximate surface area is 114 Å². The molecule has 0 saturated heterocycles. The van der Waals surface area contributed by atoms with Gasteiger partial charge in [-0.3, -0.25) is 0 Å². The van der Waals surface area contributed by atoms with E-state index in [9.17, 15) is 4.39 Å². The normalized spacial score (nSPS) is 14.8. The van der Waals surface area contributed by atoms with Crippen molar-refractivity contribution in [3.05, 3.63) is 35.4 Å². The Morgan fingerprint density at radius 1 is 1.06 bits per heavy atom. The minimum Gasteiger partial charge on any atom is -0.327 e. The molecular weight excluding hydrogens is 262 g/mol. The summed E-state index contributed by atoms with van der Waals surface area (Å²) in [6.45, 7) is 0.0321. The highest BCUT2D eigenvalue weighted by Crippen LogP contribution is 2.35. The molecule has 0 heterocycles. The van der Waals surface area contributed by atoms with Crippen LogP contribution in [0.4, 0.5) is 4.39 Å². The van der Waals surface area contributed by atoms with Crippen molar-refractivity contribution < 1.29 is 4.39 Å². The standard InChI is InChI=1S/C12H17FN2.2ClH/c13-12(7-14,8-15)11-5-9-3-1-2-4-10(9)6-11;;/h1-4,11H,5-8,14-15H2;2*1H. The zero-order valence-corrected chi connectivity index (χ0v) is 11.2. The Hall–Kier alpha value is -0.350. The fraction of sp³-hybridized carbons (Fsp3) is 0.500. The lowest BCUT2D eigenvalue weighted by molar-refractivity contribution is 0.104. The van der Waals surface area contributed by atoms with Crippen molar-refractivity contribution in [2.24, 2.45) is 17.4 Å². The highest BCUT2D eigenvalue weighted by molar-refractivity contribution is 5.85. The zero-order chi connectivity index (χ0) is 10.9. The van der Waals surface area contributed by atoms with Crippen LogP contribution in [0.2, 0.25) is 0 Å². The molecule has 1 aromatic rings. The van der Waals surface area contributed by atoms with Crippen LogP contribution < -0.4 is 11.5 Å². The van der Waals surface area contributed by atoms with Crippen LogP contribution in [0.15, 0.2) is 24.3 Å². The van der Waals surface area contributed by atoms with Crippen LogP contribution in [0.3, 0.4) is 0 Å². The smallest absolute Gasteiger partial charge is 0.138 e. The van der Waals surface area contributed by atoms with E-state index in [4.69, 9.17) is 11.5 Å². The van der Waals surface area contributed by atoms with Gasteiger partial charge < -0.3 is 11.5 Å². The largest absolute Gasteiger partial charge is 0.327 e. The van der Waals surface area contributed by atoms with Gasteiger partial charge in [-0.05, 0) is 24.0 Å². The summed E-state index contributed by atoms with van der Waals surface area (Å²) in [4.78, 5) is 0. The first-order chi connectivity index (χ1) is 7.19. The minimum absolute atomic E-state index is 0. The maximum atomic E-state index is 14.3. The molecule has 0 radical (unpaired) electrons. The van der Waals surface area contributed by atoms with E-state index in [2.05, 4.69) is 12.1 Å². The van der Waals surface area contributed by atoms with Crippen LogP contribution in [-0.2, 0) is 12.8 Å². The number of nitrogens with two attached hydrogens (primary N) is 2. The molecule has 4 N–H and O–H groups in total. The predicted octanol–water partition coefficient (Wildman–Crippen LogP) is 1.87. The molecule has 2 rings (SSSR count). The van der Waals surface area contributed by atoms with E-state index < -0.39 is 5.67 Å². The number of alkyl halides is 1. The molecular formula is C12H19Cl2FN2. The van der Waals surface area contributed by atoms with Gasteiger partial charge in [-0.25, -0.2) is 4.39 Å². The number of benzene rings is 1. The SMILES string of the molecule is Cl.Cl.NCC(F)(CN)C1Cc2ccccc2C1. The summed E-state index contributed by atoms with van der Waals surface area (Å²) in [5.41, 5.74) is 12.0. The molecule has 0 amide bonds. The molecule has 17 heavy (non-hydrogen) atoms. The maximum Gasteiger partial charge on any atom is 0.138 e. The molecule has 2 nitrogen and oxygen atoms in total. The molecule has 0 aliphatic heterocycles. The number of halogens is 3. The fourth-order valence-electron chi connectivity index (χ4n) is 2.34. The zero-order valence-electron chi connectivity index (χ0n) is 9.56. The molecule has 1 aromatic carbocycles. The Kier molecular flexibility index (Phi) is 6.41. The van der Waals surface area contributed by atoms with Crippen molar-refractivity contribution in [2.45, 2.75) is 18.5 Å². The summed E-state index contributed by atoms with van der Waals surface area (Å²) >= 11 is 0. The minimum atomic E-state index is -1.40. The molecule has 1 aliphatic rings. The summed E-state index contributed by atoms with van der Waals surface area (Å²) in [5.74, 6) is -0.0510. The average Bonchev–Trinajstić information content (AvgIpc) is 2.72. The van der Waals surface area contributed by atoms with Gasteiger partial charge in [-0.15, -0.1) is 24.8 Å². The number of fused-ring (bicyclic) bond motifs is 1. The van der Waals surface area contributed by atoms with Gasteiger partial charge in [0.1, 0.15) is 5.67 Å². The molecule has 0 spiro atoms. The van der Waals surface area contributed by atoms with Crippen LogP contribution in [-0.4, -0.2) is 18.8 Å². The monoisotopic (exact) mass is 280 g/mol. The first-order valence-corrected chi connectivity index (χ1v) is 5.35.